The van der Waals surface area contributed by atoms with Crippen LogP contribution in [0.25, 0.3) is 0 Å². The largest absolute Gasteiger partial charge is 0.350 e. The number of H-pyrrole nitrogens is 1. The van der Waals surface area contributed by atoms with Crippen LogP contribution < -0.4 is 5.32 Å². The van der Waals surface area contributed by atoms with Crippen molar-refractivity contribution in [3.8, 4) is 0 Å². The number of imidazole rings is 1. The summed E-state index contributed by atoms with van der Waals surface area (Å²) in [5, 5.41) is 3.06. The van der Waals surface area contributed by atoms with E-state index < -0.39 is 0 Å². The van der Waals surface area contributed by atoms with Crippen molar-refractivity contribution in [3.63, 3.8) is 0 Å². The molecule has 0 aliphatic carbocycles. The van der Waals surface area contributed by atoms with Gasteiger partial charge >= 0.3 is 0 Å². The fourth-order valence-electron chi connectivity index (χ4n) is 0.970. The van der Waals surface area contributed by atoms with E-state index in [1.165, 1.54) is 0 Å². The number of hydrogen-bond donors (Lipinski definition) is 2. The Hall–Kier alpha value is -1.32. The zero-order chi connectivity index (χ0) is 6.81. The van der Waals surface area contributed by atoms with E-state index in [2.05, 4.69) is 20.3 Å². The van der Waals surface area contributed by atoms with Crippen molar-refractivity contribution in [2.24, 2.45) is 4.99 Å². The minimum atomic E-state index is 0.637. The maximum Gasteiger partial charge on any atom is 0.149 e. The highest BCUT2D eigenvalue weighted by atomic mass is 15.1. The van der Waals surface area contributed by atoms with E-state index in [9.17, 15) is 0 Å². The minimum absolute atomic E-state index is 0.637. The smallest absolute Gasteiger partial charge is 0.149 e. The first-order chi connectivity index (χ1) is 4.97. The SMILES string of the molecule is C1=NCNc2nc[nH]c2C1. The Balaban J connectivity index is 2.37. The van der Waals surface area contributed by atoms with Gasteiger partial charge in [0.15, 0.2) is 0 Å². The van der Waals surface area contributed by atoms with E-state index in [1.807, 2.05) is 6.21 Å². The molecule has 1 aromatic heterocycles. The third kappa shape index (κ3) is 0.775. The Labute approximate surface area is 58.4 Å². The van der Waals surface area contributed by atoms with Gasteiger partial charge in [-0.3, -0.25) is 4.99 Å². The van der Waals surface area contributed by atoms with Crippen LogP contribution in [0, 0.1) is 0 Å². The standard InChI is InChI=1S/C6H8N4/c1-2-7-3-9-6-5(1)8-4-10-6/h2,4,9H,1,3H2,(H,8,10). The Kier molecular flexibility index (Phi) is 1.16. The summed E-state index contributed by atoms with van der Waals surface area (Å²) in [5.41, 5.74) is 1.11. The highest BCUT2D eigenvalue weighted by Crippen LogP contribution is 2.10. The van der Waals surface area contributed by atoms with Crippen LogP contribution in [0.2, 0.25) is 0 Å². The number of nitrogens with zero attached hydrogens (tertiary/aromatic N) is 2. The van der Waals surface area contributed by atoms with Crippen molar-refractivity contribution in [2.45, 2.75) is 6.42 Å². The lowest BCUT2D eigenvalue weighted by Gasteiger charge is -1.95. The molecule has 0 spiro atoms. The predicted molar refractivity (Wildman–Crippen MR) is 39.3 cm³/mol. The molecule has 0 fully saturated rings. The van der Waals surface area contributed by atoms with Crippen LogP contribution in [0.3, 0.4) is 0 Å². The minimum Gasteiger partial charge on any atom is -0.350 e. The molecular weight excluding hydrogens is 128 g/mol. The van der Waals surface area contributed by atoms with Gasteiger partial charge in [-0.05, 0) is 0 Å². The lowest BCUT2D eigenvalue weighted by Crippen LogP contribution is -1.97. The summed E-state index contributed by atoms with van der Waals surface area (Å²) < 4.78 is 0. The highest BCUT2D eigenvalue weighted by molar-refractivity contribution is 5.65. The summed E-state index contributed by atoms with van der Waals surface area (Å²) in [6.45, 7) is 0.637. The summed E-state index contributed by atoms with van der Waals surface area (Å²) >= 11 is 0. The summed E-state index contributed by atoms with van der Waals surface area (Å²) in [4.78, 5) is 11.2. The molecule has 1 aliphatic heterocycles. The lowest BCUT2D eigenvalue weighted by atomic mass is 10.3. The van der Waals surface area contributed by atoms with Gasteiger partial charge in [0.05, 0.1) is 12.0 Å². The number of aromatic amines is 1. The molecule has 1 aliphatic rings. The van der Waals surface area contributed by atoms with Gasteiger partial charge in [-0.15, -0.1) is 0 Å². The van der Waals surface area contributed by atoms with Gasteiger partial charge in [0, 0.05) is 12.6 Å². The second-order valence-electron chi connectivity index (χ2n) is 2.13. The molecule has 1 aromatic rings. The molecule has 10 heavy (non-hydrogen) atoms. The lowest BCUT2D eigenvalue weighted by molar-refractivity contribution is 1.13. The molecule has 0 saturated carbocycles. The van der Waals surface area contributed by atoms with Gasteiger partial charge in [-0.25, -0.2) is 4.98 Å². The number of aromatic nitrogens is 2. The third-order valence-corrected chi connectivity index (χ3v) is 1.48. The Bertz CT molecular complexity index is 250. The fraction of sp³-hybridized carbons (Fsp3) is 0.333. The fourth-order valence-corrected chi connectivity index (χ4v) is 0.970. The van der Waals surface area contributed by atoms with Gasteiger partial charge in [0.25, 0.3) is 0 Å². The zero-order valence-corrected chi connectivity index (χ0v) is 5.46. The van der Waals surface area contributed by atoms with Crippen molar-refractivity contribution in [2.75, 3.05) is 12.0 Å². The van der Waals surface area contributed by atoms with E-state index in [4.69, 9.17) is 0 Å². The van der Waals surface area contributed by atoms with Crippen molar-refractivity contribution in [1.82, 2.24) is 9.97 Å². The van der Waals surface area contributed by atoms with Crippen LogP contribution in [0.4, 0.5) is 5.82 Å². The van der Waals surface area contributed by atoms with Gasteiger partial charge < -0.3 is 10.3 Å². The first kappa shape index (κ1) is 5.46. The number of aliphatic imine (C=N–C) groups is 1. The molecule has 0 aromatic carbocycles. The van der Waals surface area contributed by atoms with Crippen LogP contribution in [-0.4, -0.2) is 22.9 Å². The van der Waals surface area contributed by atoms with Gasteiger partial charge in [-0.2, -0.15) is 0 Å². The quantitative estimate of drug-likeness (QED) is 0.542. The number of nitrogens with one attached hydrogen (secondary N) is 2. The summed E-state index contributed by atoms with van der Waals surface area (Å²) in [5.74, 6) is 0.928. The molecular formula is C6H8N4. The van der Waals surface area contributed by atoms with Crippen molar-refractivity contribution < 1.29 is 0 Å². The molecule has 52 valence electrons. The molecule has 0 atom stereocenters. The van der Waals surface area contributed by atoms with Crippen LogP contribution >= 0.6 is 0 Å². The number of rotatable bonds is 0. The van der Waals surface area contributed by atoms with E-state index in [1.54, 1.807) is 6.33 Å². The highest BCUT2D eigenvalue weighted by Gasteiger charge is 2.04. The first-order valence-electron chi connectivity index (χ1n) is 3.21. The molecule has 0 unspecified atom stereocenters. The van der Waals surface area contributed by atoms with Gasteiger partial charge in [0.1, 0.15) is 12.5 Å². The third-order valence-electron chi connectivity index (χ3n) is 1.48. The summed E-state index contributed by atoms with van der Waals surface area (Å²) in [7, 11) is 0. The summed E-state index contributed by atoms with van der Waals surface area (Å²) in [6.07, 6.45) is 4.43. The topological polar surface area (TPSA) is 53.1 Å². The van der Waals surface area contributed by atoms with Crippen molar-refractivity contribution in [1.29, 1.82) is 0 Å². The monoisotopic (exact) mass is 136 g/mol. The number of fused-ring (bicyclic) bond motifs is 1. The summed E-state index contributed by atoms with van der Waals surface area (Å²) in [6, 6.07) is 0. The predicted octanol–water partition coefficient (Wildman–Crippen LogP) is 0.406. The molecule has 0 amide bonds. The Morgan fingerprint density at radius 1 is 1.50 bits per heavy atom. The average Bonchev–Trinajstić information content (AvgIpc) is 2.28. The second kappa shape index (κ2) is 2.13. The van der Waals surface area contributed by atoms with Crippen molar-refractivity contribution in [3.05, 3.63) is 12.0 Å². The number of anilines is 1. The Morgan fingerprint density at radius 3 is 3.50 bits per heavy atom. The molecule has 2 heterocycles. The van der Waals surface area contributed by atoms with Crippen LogP contribution in [0.15, 0.2) is 11.3 Å². The second-order valence-corrected chi connectivity index (χ2v) is 2.13. The van der Waals surface area contributed by atoms with E-state index in [0.717, 1.165) is 17.9 Å². The maximum absolute atomic E-state index is 4.07. The molecule has 0 bridgehead atoms. The van der Waals surface area contributed by atoms with Gasteiger partial charge in [0.2, 0.25) is 0 Å². The first-order valence-corrected chi connectivity index (χ1v) is 3.21. The van der Waals surface area contributed by atoms with Gasteiger partial charge in [-0.1, -0.05) is 0 Å². The van der Waals surface area contributed by atoms with Crippen molar-refractivity contribution >= 4 is 12.0 Å². The van der Waals surface area contributed by atoms with Crippen LogP contribution in [0.5, 0.6) is 0 Å². The molecule has 4 heteroatoms. The van der Waals surface area contributed by atoms with Crippen LogP contribution in [-0.2, 0) is 6.42 Å². The number of hydrogen-bond acceptors (Lipinski definition) is 3. The molecule has 4 nitrogen and oxygen atoms in total. The maximum atomic E-state index is 4.07. The van der Waals surface area contributed by atoms with Crippen LogP contribution in [0.1, 0.15) is 5.69 Å². The van der Waals surface area contributed by atoms with E-state index in [-0.39, 0.29) is 0 Å². The van der Waals surface area contributed by atoms with E-state index >= 15 is 0 Å². The normalized spacial score (nSPS) is 15.6. The molecule has 2 N–H and O–H groups in total. The molecule has 0 saturated heterocycles. The molecule has 2 rings (SSSR count). The molecule has 0 radical (unpaired) electrons. The van der Waals surface area contributed by atoms with E-state index in [0.29, 0.717) is 6.67 Å². The Morgan fingerprint density at radius 2 is 2.50 bits per heavy atom. The zero-order valence-electron chi connectivity index (χ0n) is 5.46. The average molecular weight is 136 g/mol.